The van der Waals surface area contributed by atoms with Crippen LogP contribution in [0.15, 0.2) is 18.2 Å². The molecule has 1 heterocycles. The molecule has 1 aliphatic rings. The van der Waals surface area contributed by atoms with Crippen LogP contribution in [0.3, 0.4) is 0 Å². The number of hydrogen-bond acceptors (Lipinski definition) is 3. The summed E-state index contributed by atoms with van der Waals surface area (Å²) in [5, 5.41) is 0. The van der Waals surface area contributed by atoms with Crippen molar-refractivity contribution in [2.24, 2.45) is 0 Å². The number of Topliss-reactive ketones (excluding diaryl/α,β-unsaturated/α-hetero) is 1. The van der Waals surface area contributed by atoms with Crippen molar-refractivity contribution in [2.75, 3.05) is 6.79 Å². The molecule has 0 aliphatic carbocycles. The fraction of sp³-hybridized carbons (Fsp3) is 0.417. The van der Waals surface area contributed by atoms with Crippen molar-refractivity contribution in [3.63, 3.8) is 0 Å². The summed E-state index contributed by atoms with van der Waals surface area (Å²) in [6.45, 7) is 3.91. The molecular weight excluding hydrogens is 192 g/mol. The molecular formula is C12H14O3. The second-order valence-electron chi connectivity index (χ2n) is 3.89. The summed E-state index contributed by atoms with van der Waals surface area (Å²) in [6.07, 6.45) is 0.541. The van der Waals surface area contributed by atoms with Crippen LogP contribution in [-0.2, 0) is 4.79 Å². The molecule has 1 unspecified atom stereocenters. The molecule has 0 saturated carbocycles. The van der Waals surface area contributed by atoms with Gasteiger partial charge in [-0.2, -0.15) is 0 Å². The smallest absolute Gasteiger partial charge is 0.231 e. The van der Waals surface area contributed by atoms with Gasteiger partial charge < -0.3 is 14.3 Å². The lowest BCUT2D eigenvalue weighted by Crippen LogP contribution is -2.02. The number of carbonyl (C=O) groups excluding carboxylic acids is 1. The van der Waals surface area contributed by atoms with E-state index in [-0.39, 0.29) is 18.5 Å². The topological polar surface area (TPSA) is 35.5 Å². The van der Waals surface area contributed by atoms with Crippen molar-refractivity contribution >= 4 is 5.78 Å². The Morgan fingerprint density at radius 1 is 1.47 bits per heavy atom. The summed E-state index contributed by atoms with van der Waals surface area (Å²) in [5.74, 6) is 1.95. The molecule has 2 rings (SSSR count). The summed E-state index contributed by atoms with van der Waals surface area (Å²) in [4.78, 5) is 11.1. The van der Waals surface area contributed by atoms with Gasteiger partial charge in [0.05, 0.1) is 0 Å². The van der Waals surface area contributed by atoms with E-state index in [9.17, 15) is 4.79 Å². The van der Waals surface area contributed by atoms with Gasteiger partial charge in [-0.15, -0.1) is 0 Å². The molecule has 3 nitrogen and oxygen atoms in total. The molecule has 0 saturated heterocycles. The SMILES string of the molecule is CC(=O)CC(C)c1cccc2c1OCO2. The number of para-hydroxylation sites is 1. The van der Waals surface area contributed by atoms with Gasteiger partial charge >= 0.3 is 0 Å². The van der Waals surface area contributed by atoms with Crippen LogP contribution < -0.4 is 9.47 Å². The number of rotatable bonds is 3. The van der Waals surface area contributed by atoms with Crippen LogP contribution in [0.2, 0.25) is 0 Å². The minimum atomic E-state index is 0.180. The Bertz CT molecular complexity index is 384. The lowest BCUT2D eigenvalue weighted by molar-refractivity contribution is -0.117. The highest BCUT2D eigenvalue weighted by Gasteiger charge is 2.21. The first kappa shape index (κ1) is 10.0. The van der Waals surface area contributed by atoms with E-state index in [1.165, 1.54) is 0 Å². The molecule has 0 radical (unpaired) electrons. The molecule has 0 aromatic heterocycles. The maximum atomic E-state index is 11.1. The summed E-state index contributed by atoms with van der Waals surface area (Å²) >= 11 is 0. The molecule has 3 heteroatoms. The van der Waals surface area contributed by atoms with E-state index < -0.39 is 0 Å². The highest BCUT2D eigenvalue weighted by molar-refractivity contribution is 5.76. The molecule has 0 amide bonds. The van der Waals surface area contributed by atoms with Crippen LogP contribution in [0.5, 0.6) is 11.5 Å². The molecule has 1 aliphatic heterocycles. The lowest BCUT2D eigenvalue weighted by atomic mass is 9.95. The molecule has 0 N–H and O–H groups in total. The Morgan fingerprint density at radius 3 is 3.00 bits per heavy atom. The van der Waals surface area contributed by atoms with Gasteiger partial charge in [-0.05, 0) is 18.9 Å². The molecule has 1 aromatic rings. The third kappa shape index (κ3) is 1.96. The summed E-state index contributed by atoms with van der Waals surface area (Å²) < 4.78 is 10.7. The number of carbonyl (C=O) groups is 1. The van der Waals surface area contributed by atoms with Crippen molar-refractivity contribution in [3.05, 3.63) is 23.8 Å². The van der Waals surface area contributed by atoms with E-state index in [0.29, 0.717) is 6.42 Å². The molecule has 15 heavy (non-hydrogen) atoms. The number of benzene rings is 1. The number of ketones is 1. The molecule has 1 atom stereocenters. The Kier molecular flexibility index (Phi) is 2.62. The molecule has 0 spiro atoms. The third-order valence-electron chi connectivity index (χ3n) is 2.55. The van der Waals surface area contributed by atoms with Gasteiger partial charge in [-0.3, -0.25) is 0 Å². The zero-order valence-electron chi connectivity index (χ0n) is 8.95. The van der Waals surface area contributed by atoms with Gasteiger partial charge in [0.1, 0.15) is 5.78 Å². The van der Waals surface area contributed by atoms with Gasteiger partial charge in [0.25, 0.3) is 0 Å². The van der Waals surface area contributed by atoms with Crippen molar-refractivity contribution in [1.82, 2.24) is 0 Å². The van der Waals surface area contributed by atoms with Crippen molar-refractivity contribution in [3.8, 4) is 11.5 Å². The minimum Gasteiger partial charge on any atom is -0.454 e. The Balaban J connectivity index is 2.28. The summed E-state index contributed by atoms with van der Waals surface area (Å²) in [6, 6.07) is 5.80. The van der Waals surface area contributed by atoms with Gasteiger partial charge in [-0.1, -0.05) is 19.1 Å². The van der Waals surface area contributed by atoms with E-state index >= 15 is 0 Å². The fourth-order valence-corrected chi connectivity index (χ4v) is 1.88. The zero-order chi connectivity index (χ0) is 10.8. The predicted molar refractivity (Wildman–Crippen MR) is 56.3 cm³/mol. The quantitative estimate of drug-likeness (QED) is 0.762. The maximum absolute atomic E-state index is 11.1. The summed E-state index contributed by atoms with van der Waals surface area (Å²) in [7, 11) is 0. The van der Waals surface area contributed by atoms with Crippen molar-refractivity contribution < 1.29 is 14.3 Å². The maximum Gasteiger partial charge on any atom is 0.231 e. The van der Waals surface area contributed by atoms with Crippen LogP contribution in [0.25, 0.3) is 0 Å². The van der Waals surface area contributed by atoms with Gasteiger partial charge in [0, 0.05) is 12.0 Å². The van der Waals surface area contributed by atoms with Gasteiger partial charge in [-0.25, -0.2) is 0 Å². The van der Waals surface area contributed by atoms with Crippen LogP contribution >= 0.6 is 0 Å². The largest absolute Gasteiger partial charge is 0.454 e. The van der Waals surface area contributed by atoms with Crippen LogP contribution in [-0.4, -0.2) is 12.6 Å². The molecule has 80 valence electrons. The normalized spacial score (nSPS) is 15.1. The van der Waals surface area contributed by atoms with E-state index in [4.69, 9.17) is 9.47 Å². The first-order valence-corrected chi connectivity index (χ1v) is 5.06. The highest BCUT2D eigenvalue weighted by atomic mass is 16.7. The monoisotopic (exact) mass is 206 g/mol. The van der Waals surface area contributed by atoms with Crippen molar-refractivity contribution in [1.29, 1.82) is 0 Å². The lowest BCUT2D eigenvalue weighted by Gasteiger charge is -2.12. The minimum absolute atomic E-state index is 0.180. The van der Waals surface area contributed by atoms with E-state index in [0.717, 1.165) is 17.1 Å². The number of ether oxygens (including phenoxy) is 2. The van der Waals surface area contributed by atoms with Gasteiger partial charge in [0.15, 0.2) is 11.5 Å². The van der Waals surface area contributed by atoms with E-state index in [1.54, 1.807) is 6.92 Å². The standard InChI is InChI=1S/C12H14O3/c1-8(6-9(2)13)10-4-3-5-11-12(10)15-7-14-11/h3-5,8H,6-7H2,1-2H3. The van der Waals surface area contributed by atoms with Gasteiger partial charge in [0.2, 0.25) is 6.79 Å². The average Bonchev–Trinajstić information content (AvgIpc) is 2.63. The predicted octanol–water partition coefficient (Wildman–Crippen LogP) is 2.50. The first-order valence-electron chi connectivity index (χ1n) is 5.06. The highest BCUT2D eigenvalue weighted by Crippen LogP contribution is 2.39. The van der Waals surface area contributed by atoms with E-state index in [2.05, 4.69) is 0 Å². The molecule has 1 aromatic carbocycles. The number of hydrogen-bond donors (Lipinski definition) is 0. The van der Waals surface area contributed by atoms with Crippen LogP contribution in [0, 0.1) is 0 Å². The Hall–Kier alpha value is -1.51. The Morgan fingerprint density at radius 2 is 2.27 bits per heavy atom. The molecule has 0 fully saturated rings. The fourth-order valence-electron chi connectivity index (χ4n) is 1.88. The first-order chi connectivity index (χ1) is 7.18. The Labute approximate surface area is 89.0 Å². The van der Waals surface area contributed by atoms with Crippen molar-refractivity contribution in [2.45, 2.75) is 26.2 Å². The third-order valence-corrected chi connectivity index (χ3v) is 2.55. The van der Waals surface area contributed by atoms with Crippen LogP contribution in [0.4, 0.5) is 0 Å². The second kappa shape index (κ2) is 3.93. The van der Waals surface area contributed by atoms with Crippen LogP contribution in [0.1, 0.15) is 31.7 Å². The summed E-state index contributed by atoms with van der Waals surface area (Å²) in [5.41, 5.74) is 1.06. The second-order valence-corrected chi connectivity index (χ2v) is 3.89. The van der Waals surface area contributed by atoms with E-state index in [1.807, 2.05) is 25.1 Å². The average molecular weight is 206 g/mol. The zero-order valence-corrected chi connectivity index (χ0v) is 8.95. The molecule has 0 bridgehead atoms. The number of fused-ring (bicyclic) bond motifs is 1.